The molecular weight excluding hydrogens is 396 g/mol. The van der Waals surface area contributed by atoms with E-state index in [9.17, 15) is 14.4 Å². The van der Waals surface area contributed by atoms with Gasteiger partial charge < -0.3 is 4.84 Å². The van der Waals surface area contributed by atoms with Crippen molar-refractivity contribution in [3.8, 4) is 0 Å². The highest BCUT2D eigenvalue weighted by Crippen LogP contribution is 2.26. The van der Waals surface area contributed by atoms with Crippen LogP contribution in [0.2, 0.25) is 0 Å². The number of aromatic nitrogens is 1. The number of hydroxylamine groups is 2. The smallest absolute Gasteiger partial charge is 0.324 e. The van der Waals surface area contributed by atoms with Gasteiger partial charge in [0.25, 0.3) is 11.8 Å². The highest BCUT2D eigenvalue weighted by molar-refractivity contribution is 8.00. The van der Waals surface area contributed by atoms with E-state index >= 15 is 0 Å². The summed E-state index contributed by atoms with van der Waals surface area (Å²) in [5.74, 6) is -1.31. The minimum absolute atomic E-state index is 0.227. The minimum Gasteiger partial charge on any atom is -0.324 e. The van der Waals surface area contributed by atoms with E-state index in [2.05, 4.69) is 4.98 Å². The third kappa shape index (κ3) is 3.56. The van der Waals surface area contributed by atoms with Gasteiger partial charge in [0, 0.05) is 16.8 Å². The Balaban J connectivity index is 1.40. The van der Waals surface area contributed by atoms with Crippen molar-refractivity contribution in [3.05, 3.63) is 81.9 Å². The van der Waals surface area contributed by atoms with Crippen molar-refractivity contribution >= 4 is 40.9 Å². The van der Waals surface area contributed by atoms with E-state index in [1.54, 1.807) is 47.4 Å². The van der Waals surface area contributed by atoms with Gasteiger partial charge in [-0.25, -0.2) is 9.78 Å². The Labute approximate surface area is 169 Å². The molecule has 0 radical (unpaired) electrons. The van der Waals surface area contributed by atoms with E-state index in [1.807, 2.05) is 24.4 Å². The first-order valence-electron chi connectivity index (χ1n) is 8.37. The van der Waals surface area contributed by atoms with Crippen molar-refractivity contribution in [1.29, 1.82) is 0 Å². The quantitative estimate of drug-likeness (QED) is 0.465. The highest BCUT2D eigenvalue weighted by Gasteiger charge is 2.38. The molecular formula is C20H14N2O4S2. The molecule has 0 spiro atoms. The first kappa shape index (κ1) is 18.4. The predicted octanol–water partition coefficient (Wildman–Crippen LogP) is 4.11. The Morgan fingerprint density at radius 3 is 2.29 bits per heavy atom. The summed E-state index contributed by atoms with van der Waals surface area (Å²) in [7, 11) is 0. The molecule has 0 N–H and O–H groups in total. The van der Waals surface area contributed by atoms with Crippen molar-refractivity contribution in [3.63, 3.8) is 0 Å². The van der Waals surface area contributed by atoms with Crippen LogP contribution in [0.25, 0.3) is 0 Å². The molecule has 0 unspecified atom stereocenters. The van der Waals surface area contributed by atoms with Crippen molar-refractivity contribution in [2.45, 2.75) is 17.0 Å². The summed E-state index contributed by atoms with van der Waals surface area (Å²) in [6.45, 7) is 1.95. The number of fused-ring (bicyclic) bond motifs is 1. The number of carbonyl (C=O) groups is 3. The summed E-state index contributed by atoms with van der Waals surface area (Å²) in [5, 5.41) is 2.52. The van der Waals surface area contributed by atoms with Gasteiger partial charge in [-0.15, -0.1) is 11.3 Å². The minimum atomic E-state index is -0.760. The zero-order valence-electron chi connectivity index (χ0n) is 14.7. The number of thiazole rings is 1. The van der Waals surface area contributed by atoms with Crippen molar-refractivity contribution in [2.24, 2.45) is 0 Å². The molecule has 1 aliphatic heterocycles. The van der Waals surface area contributed by atoms with Crippen LogP contribution in [0, 0.1) is 6.92 Å². The Kier molecular flexibility index (Phi) is 4.97. The summed E-state index contributed by atoms with van der Waals surface area (Å²) < 4.78 is 0.992. The van der Waals surface area contributed by atoms with Gasteiger partial charge in [-0.1, -0.05) is 41.1 Å². The monoisotopic (exact) mass is 410 g/mol. The first-order chi connectivity index (χ1) is 13.5. The second kappa shape index (κ2) is 7.57. The van der Waals surface area contributed by atoms with Gasteiger partial charge in [0.1, 0.15) is 4.34 Å². The molecule has 3 aromatic rings. The number of hydrogen-bond acceptors (Lipinski definition) is 7. The number of amides is 2. The maximum absolute atomic E-state index is 12.4. The molecule has 8 heteroatoms. The van der Waals surface area contributed by atoms with E-state index in [-0.39, 0.29) is 16.7 Å². The van der Waals surface area contributed by atoms with Gasteiger partial charge in [-0.05, 0) is 36.8 Å². The molecule has 2 aromatic carbocycles. The summed E-state index contributed by atoms with van der Waals surface area (Å²) in [4.78, 5) is 46.4. The van der Waals surface area contributed by atoms with Crippen molar-refractivity contribution in [1.82, 2.24) is 10.0 Å². The van der Waals surface area contributed by atoms with Crippen LogP contribution in [0.4, 0.5) is 0 Å². The lowest BCUT2D eigenvalue weighted by Crippen LogP contribution is -2.32. The molecule has 4 rings (SSSR count). The number of aryl methyl sites for hydroxylation is 1. The SMILES string of the molecule is Cc1csc(SCc2ccc(C(=O)ON3C(=O)c4ccccc4C3=O)cc2)n1. The molecule has 0 atom stereocenters. The van der Waals surface area contributed by atoms with Crippen LogP contribution in [0.15, 0.2) is 58.3 Å². The first-order valence-corrected chi connectivity index (χ1v) is 10.2. The lowest BCUT2D eigenvalue weighted by Gasteiger charge is -2.12. The second-order valence-corrected chi connectivity index (χ2v) is 8.15. The largest absolute Gasteiger partial charge is 0.363 e. The fourth-order valence-electron chi connectivity index (χ4n) is 2.67. The van der Waals surface area contributed by atoms with Crippen LogP contribution < -0.4 is 0 Å². The van der Waals surface area contributed by atoms with Gasteiger partial charge in [-0.3, -0.25) is 9.59 Å². The third-order valence-electron chi connectivity index (χ3n) is 4.08. The number of thioether (sulfide) groups is 1. The third-order valence-corrected chi connectivity index (χ3v) is 6.29. The Morgan fingerprint density at radius 1 is 1.07 bits per heavy atom. The number of hydrogen-bond donors (Lipinski definition) is 0. The summed E-state index contributed by atoms with van der Waals surface area (Å²) >= 11 is 3.22. The molecule has 28 heavy (non-hydrogen) atoms. The van der Waals surface area contributed by atoms with E-state index in [4.69, 9.17) is 4.84 Å². The molecule has 0 saturated heterocycles. The second-order valence-electron chi connectivity index (χ2n) is 6.07. The van der Waals surface area contributed by atoms with Gasteiger partial charge in [0.2, 0.25) is 0 Å². The summed E-state index contributed by atoms with van der Waals surface area (Å²) in [5.41, 5.74) is 2.74. The Bertz CT molecular complexity index is 1040. The van der Waals surface area contributed by atoms with Gasteiger partial charge in [-0.2, -0.15) is 0 Å². The van der Waals surface area contributed by atoms with Crippen molar-refractivity contribution in [2.75, 3.05) is 0 Å². The van der Waals surface area contributed by atoms with Gasteiger partial charge in [0.15, 0.2) is 0 Å². The number of rotatable bonds is 5. The average Bonchev–Trinajstić information content (AvgIpc) is 3.24. The fourth-order valence-corrected chi connectivity index (χ4v) is 4.47. The molecule has 0 bridgehead atoms. The van der Waals surface area contributed by atoms with Crippen LogP contribution in [0.3, 0.4) is 0 Å². The molecule has 2 amide bonds. The van der Waals surface area contributed by atoms with E-state index in [0.717, 1.165) is 21.3 Å². The molecule has 0 fully saturated rings. The Hall–Kier alpha value is -2.97. The summed E-state index contributed by atoms with van der Waals surface area (Å²) in [6.07, 6.45) is 0. The summed E-state index contributed by atoms with van der Waals surface area (Å²) in [6, 6.07) is 13.2. The lowest BCUT2D eigenvalue weighted by atomic mass is 10.1. The maximum Gasteiger partial charge on any atom is 0.363 e. The molecule has 0 saturated carbocycles. The standard InChI is InChI=1S/C20H14N2O4S2/c1-12-10-27-20(21-12)28-11-13-6-8-14(9-7-13)19(25)26-22-17(23)15-4-2-3-5-16(15)18(22)24/h2-10H,11H2,1H3. The van der Waals surface area contributed by atoms with E-state index in [1.165, 1.54) is 12.1 Å². The van der Waals surface area contributed by atoms with Crippen molar-refractivity contribution < 1.29 is 19.2 Å². The Morgan fingerprint density at radius 2 is 1.71 bits per heavy atom. The van der Waals surface area contributed by atoms with Gasteiger partial charge >= 0.3 is 5.97 Å². The molecule has 1 aliphatic rings. The number of imide groups is 1. The fraction of sp³-hybridized carbons (Fsp3) is 0.100. The van der Waals surface area contributed by atoms with Crippen LogP contribution in [0.5, 0.6) is 0 Å². The molecule has 140 valence electrons. The predicted molar refractivity (Wildman–Crippen MR) is 105 cm³/mol. The molecule has 2 heterocycles. The van der Waals surface area contributed by atoms with Crippen LogP contribution in [-0.4, -0.2) is 27.8 Å². The van der Waals surface area contributed by atoms with E-state index in [0.29, 0.717) is 5.06 Å². The normalized spacial score (nSPS) is 13.0. The highest BCUT2D eigenvalue weighted by atomic mass is 32.2. The van der Waals surface area contributed by atoms with Gasteiger partial charge in [0.05, 0.1) is 16.7 Å². The van der Waals surface area contributed by atoms with E-state index < -0.39 is 17.8 Å². The number of nitrogens with zero attached hydrogens (tertiary/aromatic N) is 2. The molecule has 1 aromatic heterocycles. The lowest BCUT2D eigenvalue weighted by molar-refractivity contribution is -0.0584. The zero-order chi connectivity index (χ0) is 19.7. The van der Waals surface area contributed by atoms with Crippen LogP contribution >= 0.6 is 23.1 Å². The average molecular weight is 410 g/mol. The van der Waals surface area contributed by atoms with Crippen LogP contribution in [0.1, 0.15) is 42.3 Å². The molecule has 0 aliphatic carbocycles. The zero-order valence-corrected chi connectivity index (χ0v) is 16.4. The topological polar surface area (TPSA) is 76.6 Å². The molecule has 6 nitrogen and oxygen atoms in total. The number of benzene rings is 2. The number of carbonyl (C=O) groups excluding carboxylic acids is 3. The van der Waals surface area contributed by atoms with Crippen LogP contribution in [-0.2, 0) is 10.6 Å². The maximum atomic E-state index is 12.4.